The van der Waals surface area contributed by atoms with Gasteiger partial charge < -0.3 is 5.73 Å². The van der Waals surface area contributed by atoms with Crippen LogP contribution in [0.4, 0.5) is 4.39 Å². The molecule has 0 unspecified atom stereocenters. The van der Waals surface area contributed by atoms with Crippen LogP contribution in [0.15, 0.2) is 33.0 Å². The number of hydrogen-bond acceptors (Lipinski definition) is 4. The standard InChI is InChI=1S/C10H11FN4OS/c1-15-9(16)13-14-10(15)17-8-4-2-3-7(11)6(8)5-12/h2-4H,5,12H2,1H3,(H,13,16). The largest absolute Gasteiger partial charge is 0.343 e. The molecule has 3 N–H and O–H groups in total. The van der Waals surface area contributed by atoms with Crippen molar-refractivity contribution in [2.75, 3.05) is 0 Å². The summed E-state index contributed by atoms with van der Waals surface area (Å²) in [4.78, 5) is 11.8. The van der Waals surface area contributed by atoms with Gasteiger partial charge in [0, 0.05) is 24.1 Å². The minimum atomic E-state index is -0.349. The van der Waals surface area contributed by atoms with Crippen molar-refractivity contribution in [3.8, 4) is 0 Å². The minimum absolute atomic E-state index is 0.105. The molecule has 90 valence electrons. The normalized spacial score (nSPS) is 10.8. The van der Waals surface area contributed by atoms with Gasteiger partial charge >= 0.3 is 5.69 Å². The van der Waals surface area contributed by atoms with Crippen LogP contribution in [0.25, 0.3) is 0 Å². The summed E-state index contributed by atoms with van der Waals surface area (Å²) in [6.07, 6.45) is 0. The lowest BCUT2D eigenvalue weighted by molar-refractivity contribution is 0.604. The third-order valence-electron chi connectivity index (χ3n) is 2.32. The van der Waals surface area contributed by atoms with Gasteiger partial charge in [0.15, 0.2) is 5.16 Å². The van der Waals surface area contributed by atoms with E-state index in [9.17, 15) is 9.18 Å². The zero-order chi connectivity index (χ0) is 12.4. The zero-order valence-electron chi connectivity index (χ0n) is 9.11. The van der Waals surface area contributed by atoms with Gasteiger partial charge in [-0.2, -0.15) is 0 Å². The van der Waals surface area contributed by atoms with E-state index < -0.39 is 0 Å². The van der Waals surface area contributed by atoms with Crippen LogP contribution >= 0.6 is 11.8 Å². The van der Waals surface area contributed by atoms with Crippen molar-refractivity contribution in [1.29, 1.82) is 0 Å². The third kappa shape index (κ3) is 2.25. The molecular weight excluding hydrogens is 243 g/mol. The van der Waals surface area contributed by atoms with Gasteiger partial charge in [0.1, 0.15) is 5.82 Å². The second kappa shape index (κ2) is 4.72. The fourth-order valence-corrected chi connectivity index (χ4v) is 2.31. The molecule has 17 heavy (non-hydrogen) atoms. The highest BCUT2D eigenvalue weighted by Crippen LogP contribution is 2.29. The summed E-state index contributed by atoms with van der Waals surface area (Å²) in [5, 5.41) is 6.63. The molecule has 0 saturated carbocycles. The number of rotatable bonds is 3. The van der Waals surface area contributed by atoms with E-state index in [0.717, 1.165) is 0 Å². The number of halogens is 1. The van der Waals surface area contributed by atoms with E-state index in [4.69, 9.17) is 5.73 Å². The molecule has 0 aliphatic carbocycles. The molecule has 0 aliphatic rings. The van der Waals surface area contributed by atoms with E-state index in [1.165, 1.54) is 22.4 Å². The number of nitrogens with two attached hydrogens (primary N) is 1. The van der Waals surface area contributed by atoms with Gasteiger partial charge in [0.05, 0.1) is 0 Å². The first-order chi connectivity index (χ1) is 8.13. The zero-order valence-corrected chi connectivity index (χ0v) is 9.92. The summed E-state index contributed by atoms with van der Waals surface area (Å²) in [6.45, 7) is 0.105. The average molecular weight is 254 g/mol. The Hall–Kier alpha value is -1.60. The first-order valence-corrected chi connectivity index (χ1v) is 5.72. The Bertz CT molecular complexity index is 592. The number of aromatic amines is 1. The van der Waals surface area contributed by atoms with E-state index in [-0.39, 0.29) is 18.1 Å². The van der Waals surface area contributed by atoms with Gasteiger partial charge in [0.2, 0.25) is 0 Å². The Balaban J connectivity index is 2.39. The van der Waals surface area contributed by atoms with Crippen LogP contribution in [-0.2, 0) is 13.6 Å². The van der Waals surface area contributed by atoms with Crippen LogP contribution in [0.1, 0.15) is 5.56 Å². The lowest BCUT2D eigenvalue weighted by Gasteiger charge is -2.07. The number of hydrogen-bond donors (Lipinski definition) is 2. The van der Waals surface area contributed by atoms with E-state index in [2.05, 4.69) is 10.2 Å². The Kier molecular flexibility index (Phi) is 3.30. The molecular formula is C10H11FN4OS. The van der Waals surface area contributed by atoms with E-state index >= 15 is 0 Å². The predicted molar refractivity (Wildman–Crippen MR) is 62.2 cm³/mol. The molecule has 0 fully saturated rings. The fraction of sp³-hybridized carbons (Fsp3) is 0.200. The number of nitrogens with zero attached hydrogens (tertiary/aromatic N) is 2. The number of nitrogens with one attached hydrogen (secondary N) is 1. The van der Waals surface area contributed by atoms with E-state index in [1.807, 2.05) is 0 Å². The number of aromatic nitrogens is 3. The molecule has 0 saturated heterocycles. The molecule has 0 amide bonds. The molecule has 7 heteroatoms. The van der Waals surface area contributed by atoms with Gasteiger partial charge in [-0.3, -0.25) is 4.57 Å². The van der Waals surface area contributed by atoms with Crippen LogP contribution in [0.5, 0.6) is 0 Å². The van der Waals surface area contributed by atoms with Crippen LogP contribution < -0.4 is 11.4 Å². The van der Waals surface area contributed by atoms with E-state index in [0.29, 0.717) is 15.6 Å². The molecule has 2 rings (SSSR count). The lowest BCUT2D eigenvalue weighted by Crippen LogP contribution is -2.13. The highest BCUT2D eigenvalue weighted by molar-refractivity contribution is 7.99. The molecule has 2 aromatic rings. The van der Waals surface area contributed by atoms with Crippen LogP contribution in [-0.4, -0.2) is 14.8 Å². The molecule has 0 spiro atoms. The SMILES string of the molecule is Cn1c(Sc2cccc(F)c2CN)n[nH]c1=O. The monoisotopic (exact) mass is 254 g/mol. The third-order valence-corrected chi connectivity index (χ3v) is 3.47. The fourth-order valence-electron chi connectivity index (χ4n) is 1.35. The van der Waals surface area contributed by atoms with Crippen LogP contribution in [0, 0.1) is 5.82 Å². The minimum Gasteiger partial charge on any atom is -0.326 e. The Morgan fingerprint density at radius 2 is 2.35 bits per heavy atom. The molecule has 1 aromatic heterocycles. The summed E-state index contributed by atoms with van der Waals surface area (Å²) < 4.78 is 14.8. The molecule has 0 bridgehead atoms. The van der Waals surface area contributed by atoms with Gasteiger partial charge in [-0.15, -0.1) is 5.10 Å². The van der Waals surface area contributed by atoms with Crippen LogP contribution in [0.2, 0.25) is 0 Å². The maximum atomic E-state index is 13.5. The summed E-state index contributed by atoms with van der Waals surface area (Å²) in [5.41, 5.74) is 5.62. The first-order valence-electron chi connectivity index (χ1n) is 4.90. The highest BCUT2D eigenvalue weighted by atomic mass is 32.2. The second-order valence-corrected chi connectivity index (χ2v) is 4.40. The molecule has 0 aliphatic heterocycles. The summed E-state index contributed by atoms with van der Waals surface area (Å²) in [6, 6.07) is 4.70. The Morgan fingerprint density at radius 1 is 1.59 bits per heavy atom. The van der Waals surface area contributed by atoms with Crippen molar-refractivity contribution in [3.63, 3.8) is 0 Å². The van der Waals surface area contributed by atoms with Gasteiger partial charge in [0.25, 0.3) is 0 Å². The number of benzene rings is 1. The number of H-pyrrole nitrogens is 1. The van der Waals surface area contributed by atoms with E-state index in [1.54, 1.807) is 19.2 Å². The predicted octanol–water partition coefficient (Wildman–Crippen LogP) is 0.857. The maximum absolute atomic E-state index is 13.5. The van der Waals surface area contributed by atoms with Crippen LogP contribution in [0.3, 0.4) is 0 Å². The molecule has 0 radical (unpaired) electrons. The summed E-state index contributed by atoms with van der Waals surface area (Å²) >= 11 is 1.20. The topological polar surface area (TPSA) is 76.7 Å². The van der Waals surface area contributed by atoms with Crippen molar-refractivity contribution in [2.24, 2.45) is 12.8 Å². The molecule has 1 heterocycles. The van der Waals surface area contributed by atoms with Gasteiger partial charge in [-0.05, 0) is 23.9 Å². The van der Waals surface area contributed by atoms with Gasteiger partial charge in [-0.1, -0.05) is 6.07 Å². The van der Waals surface area contributed by atoms with Crippen molar-refractivity contribution < 1.29 is 4.39 Å². The van der Waals surface area contributed by atoms with Crippen molar-refractivity contribution >= 4 is 11.8 Å². The first kappa shape index (κ1) is 11.9. The highest BCUT2D eigenvalue weighted by Gasteiger charge is 2.11. The average Bonchev–Trinajstić information content (AvgIpc) is 2.61. The van der Waals surface area contributed by atoms with Crippen molar-refractivity contribution in [2.45, 2.75) is 16.6 Å². The molecule has 0 atom stereocenters. The second-order valence-electron chi connectivity index (χ2n) is 3.39. The smallest absolute Gasteiger partial charge is 0.326 e. The quantitative estimate of drug-likeness (QED) is 0.851. The maximum Gasteiger partial charge on any atom is 0.343 e. The van der Waals surface area contributed by atoms with Gasteiger partial charge in [-0.25, -0.2) is 14.3 Å². The van der Waals surface area contributed by atoms with Crippen molar-refractivity contribution in [3.05, 3.63) is 40.1 Å². The lowest BCUT2D eigenvalue weighted by atomic mass is 10.2. The Morgan fingerprint density at radius 3 is 2.94 bits per heavy atom. The van der Waals surface area contributed by atoms with Crippen molar-refractivity contribution in [1.82, 2.24) is 14.8 Å². The summed E-state index contributed by atoms with van der Waals surface area (Å²) in [5.74, 6) is -0.349. The Labute approximate surface area is 101 Å². The summed E-state index contributed by atoms with van der Waals surface area (Å²) in [7, 11) is 1.59. The molecule has 5 nitrogen and oxygen atoms in total. The molecule has 1 aromatic carbocycles.